The van der Waals surface area contributed by atoms with Crippen molar-refractivity contribution in [1.29, 1.82) is 0 Å². The minimum atomic E-state index is -5.15. The quantitative estimate of drug-likeness (QED) is 0.250. The Morgan fingerprint density at radius 3 is 2.00 bits per heavy atom. The largest absolute Gasteiger partial charge is 0.573 e. The lowest BCUT2D eigenvalue weighted by Crippen LogP contribution is -2.19. The molecular weight excluding hydrogens is 435 g/mol. The third-order valence-electron chi connectivity index (χ3n) is 6.70. The Morgan fingerprint density at radius 2 is 1.42 bits per heavy atom. The van der Waals surface area contributed by atoms with Gasteiger partial charge in [0.15, 0.2) is 11.6 Å². The van der Waals surface area contributed by atoms with Crippen LogP contribution in [0.2, 0.25) is 0 Å². The summed E-state index contributed by atoms with van der Waals surface area (Å²) in [6, 6.07) is 9.79. The summed E-state index contributed by atoms with van der Waals surface area (Å²) in [5, 5.41) is 0. The molecule has 1 aliphatic carbocycles. The van der Waals surface area contributed by atoms with E-state index in [0.29, 0.717) is 5.92 Å². The molecule has 182 valence electrons. The summed E-state index contributed by atoms with van der Waals surface area (Å²) >= 11 is 0. The predicted octanol–water partition coefficient (Wildman–Crippen LogP) is 9.09. The van der Waals surface area contributed by atoms with Crippen LogP contribution in [0, 0.1) is 17.6 Å². The Hall–Kier alpha value is -2.11. The van der Waals surface area contributed by atoms with Gasteiger partial charge in [-0.15, -0.1) is 13.2 Å². The number of hydrogen-bond acceptors (Lipinski definition) is 1. The maximum atomic E-state index is 13.9. The first-order valence-corrected chi connectivity index (χ1v) is 12.1. The normalized spacial score (nSPS) is 19.0. The average molecular weight is 469 g/mol. The summed E-state index contributed by atoms with van der Waals surface area (Å²) in [5.74, 6) is -2.75. The number of ether oxygens (including phenoxy) is 1. The van der Waals surface area contributed by atoms with Gasteiger partial charge in [0.25, 0.3) is 0 Å². The molecule has 0 aromatic heterocycles. The van der Waals surface area contributed by atoms with E-state index >= 15 is 0 Å². The zero-order chi connectivity index (χ0) is 23.8. The van der Waals surface area contributed by atoms with Crippen molar-refractivity contribution in [2.24, 2.45) is 5.92 Å². The molecule has 0 saturated heterocycles. The second-order valence-electron chi connectivity index (χ2n) is 9.28. The molecule has 33 heavy (non-hydrogen) atoms. The zero-order valence-corrected chi connectivity index (χ0v) is 19.2. The average Bonchev–Trinajstić information content (AvgIpc) is 2.77. The number of unbranched alkanes of at least 4 members (excludes halogenated alkanes) is 4. The minimum absolute atomic E-state index is 0.227. The molecule has 0 heterocycles. The monoisotopic (exact) mass is 468 g/mol. The summed E-state index contributed by atoms with van der Waals surface area (Å²) < 4.78 is 68.3. The highest BCUT2D eigenvalue weighted by molar-refractivity contribution is 5.35. The molecule has 1 fully saturated rings. The molecule has 0 amide bonds. The SMILES string of the molecule is CCCCCCCC1CCC(c2ccc(Cc3cc(F)c(OC(F)(F)F)c(F)c3)cc2)CC1. The number of rotatable bonds is 10. The molecule has 0 spiro atoms. The van der Waals surface area contributed by atoms with Gasteiger partial charge >= 0.3 is 6.36 Å². The van der Waals surface area contributed by atoms with Crippen LogP contribution in [0.4, 0.5) is 22.0 Å². The first kappa shape index (κ1) is 25.5. The second-order valence-corrected chi connectivity index (χ2v) is 9.28. The summed E-state index contributed by atoms with van der Waals surface area (Å²) in [6.07, 6.45) is 8.00. The Kier molecular flexibility index (Phi) is 9.16. The van der Waals surface area contributed by atoms with Gasteiger partial charge in [-0.3, -0.25) is 0 Å². The summed E-state index contributed by atoms with van der Waals surface area (Å²) in [4.78, 5) is 0. The van der Waals surface area contributed by atoms with Gasteiger partial charge in [0, 0.05) is 0 Å². The topological polar surface area (TPSA) is 9.23 Å². The molecular formula is C27H33F5O. The van der Waals surface area contributed by atoms with E-state index < -0.39 is 23.7 Å². The fourth-order valence-electron chi connectivity index (χ4n) is 4.89. The summed E-state index contributed by atoms with van der Waals surface area (Å²) in [7, 11) is 0. The first-order valence-electron chi connectivity index (χ1n) is 12.1. The van der Waals surface area contributed by atoms with Crippen LogP contribution >= 0.6 is 0 Å². The fraction of sp³-hybridized carbons (Fsp3) is 0.556. The van der Waals surface area contributed by atoms with Crippen molar-refractivity contribution in [1.82, 2.24) is 0 Å². The van der Waals surface area contributed by atoms with E-state index in [-0.39, 0.29) is 12.0 Å². The van der Waals surface area contributed by atoms with E-state index in [9.17, 15) is 22.0 Å². The van der Waals surface area contributed by atoms with Crippen LogP contribution in [0.25, 0.3) is 0 Å². The van der Waals surface area contributed by atoms with Crippen LogP contribution in [0.5, 0.6) is 5.75 Å². The Balaban J connectivity index is 1.51. The standard InChI is InChI=1S/C27H33F5O/c1-2-3-4-5-6-7-19-8-12-22(13-9-19)23-14-10-20(11-15-23)16-21-17-24(28)26(25(29)18-21)33-27(30,31)32/h10-11,14-15,17-19,22H,2-9,12-13,16H2,1H3. The van der Waals surface area contributed by atoms with E-state index in [1.807, 2.05) is 12.1 Å². The first-order chi connectivity index (χ1) is 15.7. The van der Waals surface area contributed by atoms with Crippen LogP contribution in [0.3, 0.4) is 0 Å². The molecule has 0 radical (unpaired) electrons. The molecule has 0 atom stereocenters. The van der Waals surface area contributed by atoms with E-state index in [1.165, 1.54) is 69.8 Å². The van der Waals surface area contributed by atoms with Crippen molar-refractivity contribution in [3.05, 3.63) is 64.7 Å². The maximum Gasteiger partial charge on any atom is 0.573 e. The predicted molar refractivity (Wildman–Crippen MR) is 120 cm³/mol. The number of hydrogen-bond donors (Lipinski definition) is 0. The van der Waals surface area contributed by atoms with Gasteiger partial charge < -0.3 is 4.74 Å². The Bertz CT molecular complexity index is 844. The summed E-state index contributed by atoms with van der Waals surface area (Å²) in [6.45, 7) is 2.24. The van der Waals surface area contributed by atoms with Crippen LogP contribution in [0.15, 0.2) is 36.4 Å². The highest BCUT2D eigenvalue weighted by Crippen LogP contribution is 2.38. The molecule has 1 saturated carbocycles. The highest BCUT2D eigenvalue weighted by Gasteiger charge is 2.34. The lowest BCUT2D eigenvalue weighted by atomic mass is 9.77. The van der Waals surface area contributed by atoms with Crippen molar-refractivity contribution in [3.8, 4) is 5.75 Å². The molecule has 2 aromatic carbocycles. The van der Waals surface area contributed by atoms with Crippen molar-refractivity contribution in [2.45, 2.75) is 89.8 Å². The molecule has 6 heteroatoms. The van der Waals surface area contributed by atoms with Gasteiger partial charge in [-0.05, 0) is 72.8 Å². The highest BCUT2D eigenvalue weighted by atomic mass is 19.4. The summed E-state index contributed by atoms with van der Waals surface area (Å²) in [5.41, 5.74) is 2.39. The molecule has 1 aliphatic rings. The molecule has 0 unspecified atom stereocenters. The van der Waals surface area contributed by atoms with Crippen LogP contribution in [-0.2, 0) is 6.42 Å². The third-order valence-corrected chi connectivity index (χ3v) is 6.70. The van der Waals surface area contributed by atoms with Gasteiger partial charge in [0.2, 0.25) is 5.75 Å². The zero-order valence-electron chi connectivity index (χ0n) is 19.2. The number of alkyl halides is 3. The van der Waals surface area contributed by atoms with Crippen LogP contribution in [0.1, 0.15) is 93.7 Å². The third kappa shape index (κ3) is 8.01. The van der Waals surface area contributed by atoms with Crippen molar-refractivity contribution < 1.29 is 26.7 Å². The lowest BCUT2D eigenvalue weighted by molar-refractivity contribution is -0.276. The molecule has 0 N–H and O–H groups in total. The molecule has 0 bridgehead atoms. The molecule has 2 aromatic rings. The van der Waals surface area contributed by atoms with Gasteiger partial charge in [0.1, 0.15) is 0 Å². The van der Waals surface area contributed by atoms with Crippen molar-refractivity contribution in [3.63, 3.8) is 0 Å². The number of benzene rings is 2. The Morgan fingerprint density at radius 1 is 0.818 bits per heavy atom. The Labute approximate surface area is 193 Å². The number of halogens is 5. The fourth-order valence-corrected chi connectivity index (χ4v) is 4.89. The second kappa shape index (κ2) is 11.8. The minimum Gasteiger partial charge on any atom is -0.399 e. The van der Waals surface area contributed by atoms with Crippen molar-refractivity contribution in [2.75, 3.05) is 0 Å². The van der Waals surface area contributed by atoms with Gasteiger partial charge in [-0.25, -0.2) is 8.78 Å². The van der Waals surface area contributed by atoms with Crippen molar-refractivity contribution >= 4 is 0 Å². The van der Waals surface area contributed by atoms with E-state index in [0.717, 1.165) is 23.6 Å². The van der Waals surface area contributed by atoms with E-state index in [2.05, 4.69) is 23.8 Å². The van der Waals surface area contributed by atoms with E-state index in [4.69, 9.17) is 0 Å². The van der Waals surface area contributed by atoms with Gasteiger partial charge in [-0.1, -0.05) is 69.7 Å². The van der Waals surface area contributed by atoms with Gasteiger partial charge in [0.05, 0.1) is 0 Å². The lowest BCUT2D eigenvalue weighted by Gasteiger charge is -2.29. The van der Waals surface area contributed by atoms with Crippen LogP contribution in [-0.4, -0.2) is 6.36 Å². The molecule has 1 nitrogen and oxygen atoms in total. The smallest absolute Gasteiger partial charge is 0.399 e. The molecule has 0 aliphatic heterocycles. The maximum absolute atomic E-state index is 13.9. The molecule has 3 rings (SSSR count). The van der Waals surface area contributed by atoms with E-state index in [1.54, 1.807) is 0 Å². The van der Waals surface area contributed by atoms with Gasteiger partial charge in [-0.2, -0.15) is 0 Å². The van der Waals surface area contributed by atoms with Crippen LogP contribution < -0.4 is 4.74 Å².